The molecule has 0 spiro atoms. The molecule has 2 aromatic carbocycles. The summed E-state index contributed by atoms with van der Waals surface area (Å²) >= 11 is 1.09. The number of hydrogen-bond donors (Lipinski definition) is 1. The molecule has 152 valence electrons. The van der Waals surface area contributed by atoms with Gasteiger partial charge >= 0.3 is 0 Å². The second kappa shape index (κ2) is 9.24. The van der Waals surface area contributed by atoms with E-state index in [1.165, 1.54) is 18.2 Å². The highest BCUT2D eigenvalue weighted by molar-refractivity contribution is 8.04. The van der Waals surface area contributed by atoms with Gasteiger partial charge in [0.05, 0.1) is 29.4 Å². The fourth-order valence-corrected chi connectivity index (χ4v) is 3.74. The van der Waals surface area contributed by atoms with Crippen LogP contribution in [0.5, 0.6) is 5.75 Å². The van der Waals surface area contributed by atoms with Gasteiger partial charge in [0, 0.05) is 5.75 Å². The highest BCUT2D eigenvalue weighted by Gasteiger charge is 2.41. The van der Waals surface area contributed by atoms with Crippen molar-refractivity contribution in [2.75, 3.05) is 23.9 Å². The molecule has 1 aliphatic rings. The molecule has 0 radical (unpaired) electrons. The number of para-hydroxylation sites is 1. The average molecular weight is 415 g/mol. The summed E-state index contributed by atoms with van der Waals surface area (Å²) in [5.74, 6) is -0.541. The number of ether oxygens (including phenoxy) is 1. The molecule has 0 bridgehead atoms. The van der Waals surface area contributed by atoms with E-state index < -0.39 is 17.6 Å². The molecule has 0 aliphatic carbocycles. The Balaban J connectivity index is 1.97. The number of imide groups is 1. The first kappa shape index (κ1) is 21.1. The largest absolute Gasteiger partial charge is 0.493 e. The highest BCUT2D eigenvalue weighted by atomic mass is 32.2. The van der Waals surface area contributed by atoms with Crippen molar-refractivity contribution in [3.8, 4) is 5.75 Å². The molecule has 7 heteroatoms. The second-order valence-electron chi connectivity index (χ2n) is 6.90. The minimum absolute atomic E-state index is 0.0866. The van der Waals surface area contributed by atoms with E-state index in [0.29, 0.717) is 23.8 Å². The molecule has 0 unspecified atom stereocenters. The van der Waals surface area contributed by atoms with Gasteiger partial charge in [-0.1, -0.05) is 38.1 Å². The summed E-state index contributed by atoms with van der Waals surface area (Å²) in [5.41, 5.74) is 0.656. The van der Waals surface area contributed by atoms with Crippen molar-refractivity contribution < 1.29 is 23.8 Å². The number of carbonyl (C=O) groups is 2. The number of rotatable bonds is 8. The molecule has 1 aliphatic heterocycles. The van der Waals surface area contributed by atoms with Crippen LogP contribution in [-0.2, 0) is 9.59 Å². The number of carbonyl (C=O) groups excluding carboxylic acids is 2. The second-order valence-corrected chi connectivity index (χ2v) is 8.01. The van der Waals surface area contributed by atoms with Crippen molar-refractivity contribution in [2.45, 2.75) is 13.8 Å². The zero-order valence-corrected chi connectivity index (χ0v) is 17.0. The summed E-state index contributed by atoms with van der Waals surface area (Å²) in [4.78, 5) is 27.1. The van der Waals surface area contributed by atoms with Crippen molar-refractivity contribution in [3.63, 3.8) is 0 Å². The maximum absolute atomic E-state index is 14.3. The molecule has 0 atom stereocenters. The molecule has 0 aromatic heterocycles. The van der Waals surface area contributed by atoms with Crippen LogP contribution in [0.2, 0.25) is 0 Å². The first-order chi connectivity index (χ1) is 13.9. The Morgan fingerprint density at radius 3 is 2.38 bits per heavy atom. The van der Waals surface area contributed by atoms with Crippen molar-refractivity contribution in [1.29, 1.82) is 0 Å². The number of halogens is 1. The third kappa shape index (κ3) is 4.52. The van der Waals surface area contributed by atoms with Gasteiger partial charge in [-0.05, 0) is 35.7 Å². The third-order valence-corrected chi connectivity index (χ3v) is 5.25. The number of aliphatic hydroxyl groups excluding tert-OH is 1. The Bertz CT molecular complexity index is 940. The molecule has 29 heavy (non-hydrogen) atoms. The summed E-state index contributed by atoms with van der Waals surface area (Å²) < 4.78 is 19.9. The van der Waals surface area contributed by atoms with Gasteiger partial charge < -0.3 is 9.84 Å². The van der Waals surface area contributed by atoms with E-state index >= 15 is 0 Å². The van der Waals surface area contributed by atoms with Gasteiger partial charge in [-0.2, -0.15) is 0 Å². The van der Waals surface area contributed by atoms with Crippen LogP contribution in [0.3, 0.4) is 0 Å². The standard InChI is InChI=1S/C22H22FNO4S/c1-14(2)13-28-16-9-7-15(8-10-16)19-20(29-12-11-25)22(27)24(21(19)26)18-6-4-3-5-17(18)23/h3-10,14,25H,11-13H2,1-2H3. The van der Waals surface area contributed by atoms with Gasteiger partial charge in [-0.15, -0.1) is 11.8 Å². The molecular weight excluding hydrogens is 393 g/mol. The average Bonchev–Trinajstić information content (AvgIpc) is 2.95. The number of hydrogen-bond acceptors (Lipinski definition) is 5. The molecule has 2 aromatic rings. The van der Waals surface area contributed by atoms with E-state index in [4.69, 9.17) is 4.74 Å². The van der Waals surface area contributed by atoms with Gasteiger partial charge in [-0.3, -0.25) is 9.59 Å². The third-order valence-electron chi connectivity index (χ3n) is 4.20. The lowest BCUT2D eigenvalue weighted by atomic mass is 10.1. The summed E-state index contributed by atoms with van der Waals surface area (Å²) in [6.07, 6.45) is 0. The van der Waals surface area contributed by atoms with E-state index in [0.717, 1.165) is 16.7 Å². The lowest BCUT2D eigenvalue weighted by Crippen LogP contribution is -2.32. The summed E-state index contributed by atoms with van der Waals surface area (Å²) in [6, 6.07) is 12.6. The first-order valence-electron chi connectivity index (χ1n) is 9.28. The fraction of sp³-hybridized carbons (Fsp3) is 0.273. The maximum atomic E-state index is 14.3. The first-order valence-corrected chi connectivity index (χ1v) is 10.3. The summed E-state index contributed by atoms with van der Waals surface area (Å²) in [5, 5.41) is 9.17. The van der Waals surface area contributed by atoms with Crippen LogP contribution >= 0.6 is 11.8 Å². The van der Waals surface area contributed by atoms with E-state index in [1.807, 2.05) is 13.8 Å². The van der Waals surface area contributed by atoms with Crippen molar-refractivity contribution in [1.82, 2.24) is 0 Å². The number of benzene rings is 2. The van der Waals surface area contributed by atoms with Gasteiger partial charge in [0.1, 0.15) is 11.6 Å². The van der Waals surface area contributed by atoms with Crippen LogP contribution in [-0.4, -0.2) is 35.9 Å². The lowest BCUT2D eigenvalue weighted by Gasteiger charge is -2.16. The molecule has 0 fully saturated rings. The molecule has 0 saturated heterocycles. The van der Waals surface area contributed by atoms with Crippen LogP contribution in [0, 0.1) is 11.7 Å². The topological polar surface area (TPSA) is 66.8 Å². The zero-order valence-electron chi connectivity index (χ0n) is 16.2. The Labute approximate surface area is 173 Å². The number of amides is 2. The van der Waals surface area contributed by atoms with Crippen LogP contribution in [0.25, 0.3) is 5.57 Å². The maximum Gasteiger partial charge on any atom is 0.272 e. The Hall–Kier alpha value is -2.64. The van der Waals surface area contributed by atoms with Crippen LogP contribution < -0.4 is 9.64 Å². The van der Waals surface area contributed by atoms with Crippen molar-refractivity contribution >= 4 is 34.8 Å². The smallest absolute Gasteiger partial charge is 0.272 e. The van der Waals surface area contributed by atoms with Gasteiger partial charge in [0.15, 0.2) is 0 Å². The summed E-state index contributed by atoms with van der Waals surface area (Å²) in [6.45, 7) is 4.51. The quantitative estimate of drug-likeness (QED) is 0.663. The Morgan fingerprint density at radius 1 is 1.07 bits per heavy atom. The fourth-order valence-electron chi connectivity index (χ4n) is 2.88. The number of nitrogens with zero attached hydrogens (tertiary/aromatic N) is 1. The van der Waals surface area contributed by atoms with Crippen molar-refractivity contribution in [3.05, 3.63) is 64.8 Å². The predicted molar refractivity (Wildman–Crippen MR) is 112 cm³/mol. The van der Waals surface area contributed by atoms with Gasteiger partial charge in [0.25, 0.3) is 11.8 Å². The Morgan fingerprint density at radius 2 is 1.76 bits per heavy atom. The van der Waals surface area contributed by atoms with Crippen LogP contribution in [0.1, 0.15) is 19.4 Å². The molecule has 2 amide bonds. The van der Waals surface area contributed by atoms with Crippen LogP contribution in [0.15, 0.2) is 53.4 Å². The molecular formula is C22H22FNO4S. The molecule has 3 rings (SSSR count). The normalized spacial score (nSPS) is 14.3. The molecule has 1 heterocycles. The number of aliphatic hydroxyl groups is 1. The molecule has 5 nitrogen and oxygen atoms in total. The van der Waals surface area contributed by atoms with E-state index in [9.17, 15) is 19.1 Å². The minimum atomic E-state index is -0.653. The lowest BCUT2D eigenvalue weighted by molar-refractivity contribution is -0.119. The number of thioether (sulfide) groups is 1. The van der Waals surface area contributed by atoms with Gasteiger partial charge in [0.2, 0.25) is 0 Å². The van der Waals surface area contributed by atoms with E-state index in [2.05, 4.69) is 0 Å². The SMILES string of the molecule is CC(C)COc1ccc(C2=C(SCCO)C(=O)N(c3ccccc3F)C2=O)cc1. The molecule has 0 saturated carbocycles. The van der Waals surface area contributed by atoms with Gasteiger partial charge in [-0.25, -0.2) is 9.29 Å². The number of anilines is 1. The highest BCUT2D eigenvalue weighted by Crippen LogP contribution is 2.39. The van der Waals surface area contributed by atoms with E-state index in [-0.39, 0.29) is 28.5 Å². The monoisotopic (exact) mass is 415 g/mol. The minimum Gasteiger partial charge on any atom is -0.493 e. The summed E-state index contributed by atoms with van der Waals surface area (Å²) in [7, 11) is 0. The predicted octanol–water partition coefficient (Wildman–Crippen LogP) is 3.87. The Kier molecular flexibility index (Phi) is 6.71. The zero-order chi connectivity index (χ0) is 21.0. The van der Waals surface area contributed by atoms with Crippen LogP contribution in [0.4, 0.5) is 10.1 Å². The van der Waals surface area contributed by atoms with Crippen molar-refractivity contribution in [2.24, 2.45) is 5.92 Å². The van der Waals surface area contributed by atoms with E-state index in [1.54, 1.807) is 30.3 Å². The molecule has 1 N–H and O–H groups in total.